The molecular formula is C53H66N2O8. The first-order chi connectivity index (χ1) is 30.5. The second-order valence-electron chi connectivity index (χ2n) is 17.5. The van der Waals surface area contributed by atoms with Crippen LogP contribution in [0.5, 0.6) is 11.5 Å². The van der Waals surface area contributed by atoms with Crippen molar-refractivity contribution in [2.24, 2.45) is 11.8 Å². The van der Waals surface area contributed by atoms with Gasteiger partial charge >= 0.3 is 5.97 Å². The molecule has 63 heavy (non-hydrogen) atoms. The number of esters is 1. The second-order valence-corrected chi connectivity index (χ2v) is 17.5. The molecule has 1 fully saturated rings. The van der Waals surface area contributed by atoms with Gasteiger partial charge in [-0.05, 0) is 97.7 Å². The van der Waals surface area contributed by atoms with Gasteiger partial charge in [-0.1, -0.05) is 110 Å². The van der Waals surface area contributed by atoms with Crippen LogP contribution in [-0.2, 0) is 9.53 Å². The third-order valence-electron chi connectivity index (χ3n) is 13.2. The quantitative estimate of drug-likeness (QED) is 0.0396. The Kier molecular flexibility index (Phi) is 16.2. The normalized spacial score (nSPS) is 15.9. The van der Waals surface area contributed by atoms with E-state index in [0.29, 0.717) is 75.0 Å². The number of ether oxygens (including phenoxy) is 3. The predicted molar refractivity (Wildman–Crippen MR) is 249 cm³/mol. The van der Waals surface area contributed by atoms with E-state index in [-0.39, 0.29) is 42.8 Å². The first-order valence-electron chi connectivity index (χ1n) is 23.4. The molecule has 0 radical (unpaired) electrons. The maximum Gasteiger partial charge on any atom is 0.333 e. The molecule has 2 unspecified atom stereocenters. The Bertz CT molecular complexity index is 2300. The van der Waals surface area contributed by atoms with E-state index in [4.69, 9.17) is 14.2 Å². The second kappa shape index (κ2) is 21.7. The molecule has 0 N–H and O–H groups in total. The molecule has 0 spiro atoms. The summed E-state index contributed by atoms with van der Waals surface area (Å²) in [7, 11) is 1.53. The lowest BCUT2D eigenvalue weighted by molar-refractivity contribution is -0.139. The van der Waals surface area contributed by atoms with Gasteiger partial charge in [0.2, 0.25) is 0 Å². The van der Waals surface area contributed by atoms with Crippen LogP contribution in [0.15, 0.2) is 66.7 Å². The highest BCUT2D eigenvalue weighted by Gasteiger charge is 2.37. The van der Waals surface area contributed by atoms with Gasteiger partial charge in [0, 0.05) is 51.7 Å². The molecule has 0 aromatic heterocycles. The van der Waals surface area contributed by atoms with Crippen LogP contribution in [0, 0.1) is 11.8 Å². The number of imide groups is 2. The third kappa shape index (κ3) is 10.2. The number of benzene rings is 4. The van der Waals surface area contributed by atoms with Crippen molar-refractivity contribution < 1.29 is 38.2 Å². The minimum absolute atomic E-state index is 0.0404. The highest BCUT2D eigenvalue weighted by atomic mass is 16.6. The van der Waals surface area contributed by atoms with Gasteiger partial charge in [0.05, 0.1) is 12.5 Å². The maximum atomic E-state index is 13.4. The summed E-state index contributed by atoms with van der Waals surface area (Å²) < 4.78 is 16.5. The number of unbranched alkanes of at least 4 members (excludes halogenated alkanes) is 2. The highest BCUT2D eigenvalue weighted by molar-refractivity contribution is 6.27. The average molecular weight is 859 g/mol. The molecule has 4 aromatic carbocycles. The molecule has 2 aliphatic heterocycles. The lowest BCUT2D eigenvalue weighted by Gasteiger charge is -2.31. The number of nitrogens with zero attached hydrogens (tertiary/aromatic N) is 2. The lowest BCUT2D eigenvalue weighted by atomic mass is 9.80. The SMILES string of the molecule is C=C(C)C(=O)OCCOc1ccc2c3c(ccc(OC)c13)C(=O)N(CC(CC)CCCC)C2=O.CCCCC(CC)CN1C(=O)c2cccc3c(C4CCCCC4)ccc(c23)C1=O. The summed E-state index contributed by atoms with van der Waals surface area (Å²) in [6.07, 6.45) is 14.7. The minimum Gasteiger partial charge on any atom is -0.496 e. The molecular weight excluding hydrogens is 793 g/mol. The van der Waals surface area contributed by atoms with Gasteiger partial charge in [-0.2, -0.15) is 0 Å². The van der Waals surface area contributed by atoms with E-state index in [1.165, 1.54) is 54.6 Å². The molecule has 1 aliphatic carbocycles. The first kappa shape index (κ1) is 47.0. The average Bonchev–Trinajstić information content (AvgIpc) is 3.31. The van der Waals surface area contributed by atoms with Gasteiger partial charge in [-0.25, -0.2) is 4.79 Å². The molecule has 336 valence electrons. The molecule has 0 bridgehead atoms. The van der Waals surface area contributed by atoms with E-state index in [1.54, 1.807) is 31.2 Å². The van der Waals surface area contributed by atoms with Crippen LogP contribution in [0.2, 0.25) is 0 Å². The van der Waals surface area contributed by atoms with Crippen LogP contribution in [0.1, 0.15) is 171 Å². The third-order valence-corrected chi connectivity index (χ3v) is 13.2. The van der Waals surface area contributed by atoms with Gasteiger partial charge in [0.25, 0.3) is 23.6 Å². The molecule has 4 aromatic rings. The molecule has 2 heterocycles. The van der Waals surface area contributed by atoms with Crippen LogP contribution in [0.25, 0.3) is 21.5 Å². The Balaban J connectivity index is 0.000000212. The van der Waals surface area contributed by atoms with Crippen molar-refractivity contribution in [1.29, 1.82) is 0 Å². The number of amides is 4. The fourth-order valence-electron chi connectivity index (χ4n) is 9.49. The molecule has 10 nitrogen and oxygen atoms in total. The largest absolute Gasteiger partial charge is 0.496 e. The van der Waals surface area contributed by atoms with E-state index in [9.17, 15) is 24.0 Å². The van der Waals surface area contributed by atoms with E-state index >= 15 is 0 Å². The summed E-state index contributed by atoms with van der Waals surface area (Å²) in [6.45, 7) is 14.8. The summed E-state index contributed by atoms with van der Waals surface area (Å²) >= 11 is 0. The number of carbonyl (C=O) groups excluding carboxylic acids is 5. The summed E-state index contributed by atoms with van der Waals surface area (Å²) in [4.78, 5) is 68.0. The summed E-state index contributed by atoms with van der Waals surface area (Å²) in [5.74, 6) is 0.851. The number of rotatable bonds is 19. The van der Waals surface area contributed by atoms with Crippen LogP contribution in [-0.4, -0.2) is 72.8 Å². The Morgan fingerprint density at radius 2 is 1.19 bits per heavy atom. The molecule has 3 aliphatic rings. The van der Waals surface area contributed by atoms with Gasteiger partial charge in [0.15, 0.2) is 0 Å². The Labute approximate surface area is 373 Å². The molecule has 10 heteroatoms. The molecule has 0 saturated heterocycles. The van der Waals surface area contributed by atoms with Gasteiger partial charge < -0.3 is 14.2 Å². The van der Waals surface area contributed by atoms with Gasteiger partial charge in [-0.15, -0.1) is 0 Å². The predicted octanol–water partition coefficient (Wildman–Crippen LogP) is 11.9. The van der Waals surface area contributed by atoms with E-state index in [0.717, 1.165) is 62.1 Å². The van der Waals surface area contributed by atoms with Crippen LogP contribution >= 0.6 is 0 Å². The van der Waals surface area contributed by atoms with Crippen LogP contribution < -0.4 is 9.47 Å². The van der Waals surface area contributed by atoms with Gasteiger partial charge in [-0.3, -0.25) is 29.0 Å². The Morgan fingerprint density at radius 1 is 0.667 bits per heavy atom. The number of methoxy groups -OCH3 is 1. The zero-order valence-electron chi connectivity index (χ0n) is 38.3. The summed E-state index contributed by atoms with van der Waals surface area (Å²) in [5, 5.41) is 3.10. The van der Waals surface area contributed by atoms with Crippen LogP contribution in [0.4, 0.5) is 0 Å². The standard InChI is InChI=1S/C27H33NO6.C26H33NO2/c1-6-8-9-18(7-2)16-28-25(29)19-10-12-21(32-5)24-22(13-11-20(23(19)24)26(28)30)33-14-15-34-27(31)17(3)4;1-3-5-10-18(4-2)17-27-25(28)22-14-9-13-21-20(19-11-7-6-8-12-19)15-16-23(24(21)22)26(27)29/h10-13,18H,3,6-9,14-16H2,1-2,4-5H3;9,13-16,18-19H,3-8,10-12,17H2,1-2H3. The molecule has 4 amide bonds. The zero-order valence-corrected chi connectivity index (χ0v) is 38.3. The number of carbonyl (C=O) groups is 5. The summed E-state index contributed by atoms with van der Waals surface area (Å²) in [5.41, 5.74) is 3.96. The maximum absolute atomic E-state index is 13.4. The minimum atomic E-state index is -0.487. The lowest BCUT2D eigenvalue weighted by Crippen LogP contribution is -2.43. The topological polar surface area (TPSA) is 120 Å². The first-order valence-corrected chi connectivity index (χ1v) is 23.4. The number of hydrogen-bond donors (Lipinski definition) is 0. The fraction of sp³-hybridized carbons (Fsp3) is 0.491. The van der Waals surface area contributed by atoms with Crippen molar-refractivity contribution in [2.45, 2.75) is 124 Å². The molecule has 7 rings (SSSR count). The van der Waals surface area contributed by atoms with Crippen molar-refractivity contribution >= 4 is 51.1 Å². The van der Waals surface area contributed by atoms with Crippen molar-refractivity contribution in [2.75, 3.05) is 33.4 Å². The number of hydrogen-bond acceptors (Lipinski definition) is 8. The smallest absolute Gasteiger partial charge is 0.333 e. The van der Waals surface area contributed by atoms with Gasteiger partial charge in [0.1, 0.15) is 24.7 Å². The Morgan fingerprint density at radius 3 is 1.71 bits per heavy atom. The van der Waals surface area contributed by atoms with E-state index in [2.05, 4.69) is 46.4 Å². The molecule has 1 saturated carbocycles. The van der Waals surface area contributed by atoms with E-state index < -0.39 is 5.97 Å². The van der Waals surface area contributed by atoms with Crippen molar-refractivity contribution in [1.82, 2.24) is 9.80 Å². The fourth-order valence-corrected chi connectivity index (χ4v) is 9.49. The van der Waals surface area contributed by atoms with Crippen molar-refractivity contribution in [3.05, 3.63) is 94.6 Å². The zero-order chi connectivity index (χ0) is 45.2. The summed E-state index contributed by atoms with van der Waals surface area (Å²) in [6, 6.07) is 17.0. The van der Waals surface area contributed by atoms with E-state index in [1.807, 2.05) is 18.2 Å². The van der Waals surface area contributed by atoms with Crippen molar-refractivity contribution in [3.8, 4) is 11.5 Å². The van der Waals surface area contributed by atoms with Crippen LogP contribution in [0.3, 0.4) is 0 Å². The monoisotopic (exact) mass is 858 g/mol. The van der Waals surface area contributed by atoms with Crippen molar-refractivity contribution in [3.63, 3.8) is 0 Å². The highest BCUT2D eigenvalue weighted by Crippen LogP contribution is 2.42. The Hall–Kier alpha value is -5.51. The molecule has 2 atom stereocenters.